The molecule has 2 atom stereocenters. The zero-order valence-electron chi connectivity index (χ0n) is 20.9. The maximum atomic E-state index is 13.6. The highest BCUT2D eigenvalue weighted by atomic mass is 35.5. The molecule has 0 N–H and O–H groups in total. The fourth-order valence-electron chi connectivity index (χ4n) is 6.18. The number of hydrogen-bond acceptors (Lipinski definition) is 3. The summed E-state index contributed by atoms with van der Waals surface area (Å²) in [5, 5.41) is 0.749. The molecule has 2 aliphatic heterocycles. The normalized spacial score (nSPS) is 22.6. The summed E-state index contributed by atoms with van der Waals surface area (Å²) >= 11 is 6.39. The molecular formula is C30H32ClFN4O. The molecule has 1 aliphatic carbocycles. The summed E-state index contributed by atoms with van der Waals surface area (Å²) in [5.41, 5.74) is 4.73. The van der Waals surface area contributed by atoms with Crippen molar-refractivity contribution in [2.24, 2.45) is 0 Å². The molecule has 3 aromatic rings. The summed E-state index contributed by atoms with van der Waals surface area (Å²) in [7, 11) is 0. The molecule has 3 aliphatic rings. The second-order valence-electron chi connectivity index (χ2n) is 10.3. The van der Waals surface area contributed by atoms with Gasteiger partial charge in [-0.25, -0.2) is 9.18 Å². The van der Waals surface area contributed by atoms with Gasteiger partial charge in [-0.3, -0.25) is 14.7 Å². The van der Waals surface area contributed by atoms with Crippen molar-refractivity contribution < 1.29 is 9.18 Å². The van der Waals surface area contributed by atoms with Crippen LogP contribution in [-0.4, -0.2) is 73.1 Å². The molecule has 6 rings (SSSR count). The van der Waals surface area contributed by atoms with Crippen molar-refractivity contribution in [2.75, 3.05) is 57.3 Å². The van der Waals surface area contributed by atoms with Gasteiger partial charge in [0.15, 0.2) is 0 Å². The molecule has 2 saturated heterocycles. The van der Waals surface area contributed by atoms with Gasteiger partial charge in [0.2, 0.25) is 0 Å². The third kappa shape index (κ3) is 4.98. The smallest absolute Gasteiger partial charge is 0.321 e. The molecule has 2 heterocycles. The van der Waals surface area contributed by atoms with Gasteiger partial charge in [-0.05, 0) is 59.5 Å². The fraction of sp³-hybridized carbons (Fsp3) is 0.367. The first-order valence-electron chi connectivity index (χ1n) is 13.2. The number of fused-ring (bicyclic) bond motifs is 1. The van der Waals surface area contributed by atoms with E-state index in [9.17, 15) is 9.18 Å². The predicted molar refractivity (Wildman–Crippen MR) is 146 cm³/mol. The Morgan fingerprint density at radius 1 is 0.811 bits per heavy atom. The number of rotatable bonds is 6. The second kappa shape index (κ2) is 10.4. The third-order valence-corrected chi connectivity index (χ3v) is 8.45. The lowest BCUT2D eigenvalue weighted by molar-refractivity contribution is 0.0905. The molecule has 0 radical (unpaired) electrons. The minimum absolute atomic E-state index is 0.109. The summed E-state index contributed by atoms with van der Waals surface area (Å²) in [6.45, 7) is 7.16. The minimum atomic E-state index is -0.204. The predicted octanol–water partition coefficient (Wildman–Crippen LogP) is 5.62. The van der Waals surface area contributed by atoms with Crippen LogP contribution >= 0.6 is 11.6 Å². The molecule has 7 heteroatoms. The SMILES string of the molecule is O=C1N(CCN2CCN([C@H]3C[C@H](c4ccc(F)cc4)c4cc(Cl)ccc43)CC2)CCN1c1ccccc1. The van der Waals surface area contributed by atoms with Crippen molar-refractivity contribution in [3.8, 4) is 0 Å². The zero-order valence-corrected chi connectivity index (χ0v) is 21.7. The van der Waals surface area contributed by atoms with E-state index < -0.39 is 0 Å². The van der Waals surface area contributed by atoms with Gasteiger partial charge < -0.3 is 4.90 Å². The van der Waals surface area contributed by atoms with Gasteiger partial charge in [-0.2, -0.15) is 0 Å². The molecule has 5 nitrogen and oxygen atoms in total. The first-order valence-corrected chi connectivity index (χ1v) is 13.6. The third-order valence-electron chi connectivity index (χ3n) is 8.21. The van der Waals surface area contributed by atoms with E-state index in [2.05, 4.69) is 21.9 Å². The van der Waals surface area contributed by atoms with E-state index in [0.717, 1.165) is 75.1 Å². The van der Waals surface area contributed by atoms with Crippen LogP contribution < -0.4 is 4.90 Å². The van der Waals surface area contributed by atoms with Gasteiger partial charge in [-0.15, -0.1) is 0 Å². The minimum Gasteiger partial charge on any atom is -0.321 e. The average molecular weight is 519 g/mol. The van der Waals surface area contributed by atoms with Crippen LogP contribution in [0.5, 0.6) is 0 Å². The van der Waals surface area contributed by atoms with Gasteiger partial charge in [0.05, 0.1) is 0 Å². The van der Waals surface area contributed by atoms with Crippen molar-refractivity contribution in [3.05, 3.63) is 100 Å². The Morgan fingerprint density at radius 3 is 2.32 bits per heavy atom. The van der Waals surface area contributed by atoms with Crippen LogP contribution in [0.25, 0.3) is 0 Å². The Bertz CT molecular complexity index is 1250. The number of benzene rings is 3. The molecular weight excluding hydrogens is 487 g/mol. The number of carbonyl (C=O) groups excluding carboxylic acids is 1. The van der Waals surface area contributed by atoms with Crippen LogP contribution in [0.3, 0.4) is 0 Å². The summed E-state index contributed by atoms with van der Waals surface area (Å²) in [5.74, 6) is 0.0233. The van der Waals surface area contributed by atoms with Crippen LogP contribution in [0.4, 0.5) is 14.9 Å². The average Bonchev–Trinajstić information content (AvgIpc) is 3.49. The molecule has 0 spiro atoms. The van der Waals surface area contributed by atoms with Crippen LogP contribution in [-0.2, 0) is 0 Å². The van der Waals surface area contributed by atoms with E-state index >= 15 is 0 Å². The van der Waals surface area contributed by atoms with Crippen molar-refractivity contribution in [2.45, 2.75) is 18.4 Å². The van der Waals surface area contributed by atoms with Crippen LogP contribution in [0.15, 0.2) is 72.8 Å². The van der Waals surface area contributed by atoms with Gasteiger partial charge >= 0.3 is 6.03 Å². The molecule has 0 aromatic heterocycles. The van der Waals surface area contributed by atoms with Crippen LogP contribution in [0, 0.1) is 5.82 Å². The molecule has 2 fully saturated rings. The van der Waals surface area contributed by atoms with Crippen molar-refractivity contribution in [1.82, 2.24) is 14.7 Å². The Kier molecular flexibility index (Phi) is 6.89. The first kappa shape index (κ1) is 24.4. The molecule has 37 heavy (non-hydrogen) atoms. The Hall–Kier alpha value is -2.93. The number of carbonyl (C=O) groups is 1. The van der Waals surface area contributed by atoms with Gasteiger partial charge in [0, 0.05) is 75.0 Å². The second-order valence-corrected chi connectivity index (χ2v) is 10.7. The summed E-state index contributed by atoms with van der Waals surface area (Å²) in [6.07, 6.45) is 0.985. The summed E-state index contributed by atoms with van der Waals surface area (Å²) in [6, 6.07) is 23.5. The highest BCUT2D eigenvalue weighted by Crippen LogP contribution is 2.47. The van der Waals surface area contributed by atoms with E-state index in [0.29, 0.717) is 6.04 Å². The number of piperazine rings is 1. The van der Waals surface area contributed by atoms with Crippen molar-refractivity contribution >= 4 is 23.3 Å². The molecule has 0 bridgehead atoms. The Labute approximate surface area is 223 Å². The number of urea groups is 1. The van der Waals surface area contributed by atoms with Crippen LogP contribution in [0.1, 0.15) is 35.1 Å². The van der Waals surface area contributed by atoms with E-state index in [1.807, 2.05) is 58.3 Å². The monoisotopic (exact) mass is 518 g/mol. The van der Waals surface area contributed by atoms with E-state index in [1.54, 1.807) is 12.1 Å². The highest BCUT2D eigenvalue weighted by Gasteiger charge is 2.37. The number of anilines is 1. The molecule has 3 aromatic carbocycles. The molecule has 2 amide bonds. The fourth-order valence-corrected chi connectivity index (χ4v) is 6.36. The molecule has 192 valence electrons. The maximum Gasteiger partial charge on any atom is 0.324 e. The van der Waals surface area contributed by atoms with E-state index in [-0.39, 0.29) is 17.8 Å². The lowest BCUT2D eigenvalue weighted by Gasteiger charge is -2.39. The maximum absolute atomic E-state index is 13.6. The number of para-hydroxylation sites is 1. The van der Waals surface area contributed by atoms with Crippen LogP contribution in [0.2, 0.25) is 5.02 Å². The lowest BCUT2D eigenvalue weighted by atomic mass is 9.93. The largest absolute Gasteiger partial charge is 0.324 e. The highest BCUT2D eigenvalue weighted by molar-refractivity contribution is 6.30. The number of amides is 2. The van der Waals surface area contributed by atoms with Gasteiger partial charge in [0.1, 0.15) is 5.82 Å². The topological polar surface area (TPSA) is 30.0 Å². The summed E-state index contributed by atoms with van der Waals surface area (Å²) in [4.78, 5) is 21.8. The quantitative estimate of drug-likeness (QED) is 0.424. The molecule has 0 saturated carbocycles. The van der Waals surface area contributed by atoms with Gasteiger partial charge in [-0.1, -0.05) is 48.0 Å². The first-order chi connectivity index (χ1) is 18.1. The zero-order chi connectivity index (χ0) is 25.4. The Morgan fingerprint density at radius 2 is 1.57 bits per heavy atom. The standard InChI is InChI=1S/C30H32ClFN4O/c31-23-8-11-26-28(20-23)27(22-6-9-24(32)10-7-22)21-29(26)34-15-12-33(13-16-34)14-17-35-18-19-36(30(35)37)25-4-2-1-3-5-25/h1-11,20,27,29H,12-19,21H2/t27-,29+/m1/s1. The lowest BCUT2D eigenvalue weighted by Crippen LogP contribution is -2.49. The number of halogens is 2. The van der Waals surface area contributed by atoms with Gasteiger partial charge in [0.25, 0.3) is 0 Å². The van der Waals surface area contributed by atoms with E-state index in [1.165, 1.54) is 11.1 Å². The summed E-state index contributed by atoms with van der Waals surface area (Å²) < 4.78 is 13.6. The van der Waals surface area contributed by atoms with Crippen molar-refractivity contribution in [3.63, 3.8) is 0 Å². The Balaban J connectivity index is 1.06. The van der Waals surface area contributed by atoms with E-state index in [4.69, 9.17) is 11.6 Å². The number of hydrogen-bond donors (Lipinski definition) is 0. The molecule has 0 unspecified atom stereocenters. The number of nitrogens with zero attached hydrogens (tertiary/aromatic N) is 4. The van der Waals surface area contributed by atoms with Crippen molar-refractivity contribution in [1.29, 1.82) is 0 Å².